The second kappa shape index (κ2) is 8.52. The molecule has 2 aromatic carbocycles. The van der Waals surface area contributed by atoms with Crippen molar-refractivity contribution in [1.82, 2.24) is 14.9 Å². The van der Waals surface area contributed by atoms with Crippen molar-refractivity contribution in [3.05, 3.63) is 58.9 Å². The topological polar surface area (TPSA) is 85.8 Å². The standard InChI is InChI=1S/C18H14ClF4N5OS/c1-9(16(29)25-14-8-11(18(21,22)23)4-7-13(14)19)30-17-27-26-15(28(17)24)10-2-5-12(20)6-3-10/h2-9H,24H2,1H3,(H,25,29)/t9-/m1/s1. The SMILES string of the molecule is C[C@@H](Sc1nnc(-c2ccc(F)cc2)n1N)C(=O)Nc1cc(C(F)(F)F)ccc1Cl. The highest BCUT2D eigenvalue weighted by Gasteiger charge is 2.31. The van der Waals surface area contributed by atoms with Crippen molar-refractivity contribution in [3.8, 4) is 11.4 Å². The summed E-state index contributed by atoms with van der Waals surface area (Å²) in [6.07, 6.45) is -4.57. The van der Waals surface area contributed by atoms with E-state index in [-0.39, 0.29) is 21.7 Å². The Bertz CT molecular complexity index is 1070. The monoisotopic (exact) mass is 459 g/mol. The number of thioether (sulfide) groups is 1. The summed E-state index contributed by atoms with van der Waals surface area (Å²) in [6, 6.07) is 8.08. The lowest BCUT2D eigenvalue weighted by molar-refractivity contribution is -0.137. The van der Waals surface area contributed by atoms with Gasteiger partial charge in [-0.2, -0.15) is 13.2 Å². The zero-order valence-corrected chi connectivity index (χ0v) is 16.8. The average Bonchev–Trinajstić information content (AvgIpc) is 3.03. The van der Waals surface area contributed by atoms with E-state index < -0.39 is 28.7 Å². The number of rotatable bonds is 5. The zero-order valence-electron chi connectivity index (χ0n) is 15.2. The van der Waals surface area contributed by atoms with E-state index in [2.05, 4.69) is 15.5 Å². The van der Waals surface area contributed by atoms with Gasteiger partial charge in [0, 0.05) is 5.56 Å². The van der Waals surface area contributed by atoms with E-state index in [9.17, 15) is 22.4 Å². The number of halogens is 5. The number of hydrogen-bond acceptors (Lipinski definition) is 5. The lowest BCUT2D eigenvalue weighted by Crippen LogP contribution is -2.24. The first kappa shape index (κ1) is 21.9. The Labute approximate surface area is 177 Å². The number of carbonyl (C=O) groups excluding carboxylic acids is 1. The van der Waals surface area contributed by atoms with Gasteiger partial charge in [0.05, 0.1) is 21.5 Å². The number of anilines is 1. The van der Waals surface area contributed by atoms with E-state index in [0.29, 0.717) is 5.56 Å². The number of alkyl halides is 3. The van der Waals surface area contributed by atoms with Crippen LogP contribution in [-0.4, -0.2) is 26.0 Å². The number of nitrogens with one attached hydrogen (secondary N) is 1. The summed E-state index contributed by atoms with van der Waals surface area (Å²) < 4.78 is 52.8. The molecule has 0 radical (unpaired) electrons. The van der Waals surface area contributed by atoms with Crippen LogP contribution in [-0.2, 0) is 11.0 Å². The van der Waals surface area contributed by atoms with Gasteiger partial charge in [0.15, 0.2) is 5.82 Å². The molecular weight excluding hydrogens is 446 g/mol. The molecule has 0 saturated heterocycles. The van der Waals surface area contributed by atoms with Crippen LogP contribution in [0.4, 0.5) is 23.2 Å². The molecule has 158 valence electrons. The Kier molecular flexibility index (Phi) is 6.22. The number of nitrogens with zero attached hydrogens (tertiary/aromatic N) is 3. The molecule has 0 fully saturated rings. The summed E-state index contributed by atoms with van der Waals surface area (Å²) in [4.78, 5) is 12.4. The van der Waals surface area contributed by atoms with Gasteiger partial charge < -0.3 is 11.2 Å². The van der Waals surface area contributed by atoms with Gasteiger partial charge in [-0.05, 0) is 49.4 Å². The molecule has 0 aliphatic heterocycles. The van der Waals surface area contributed by atoms with Gasteiger partial charge >= 0.3 is 6.18 Å². The Morgan fingerprint density at radius 2 is 1.87 bits per heavy atom. The molecule has 3 N–H and O–H groups in total. The van der Waals surface area contributed by atoms with Gasteiger partial charge in [-0.15, -0.1) is 10.2 Å². The van der Waals surface area contributed by atoms with Crippen molar-refractivity contribution >= 4 is 35.0 Å². The zero-order chi connectivity index (χ0) is 22.1. The lowest BCUT2D eigenvalue weighted by atomic mass is 10.2. The number of hydrogen-bond donors (Lipinski definition) is 2. The average molecular weight is 460 g/mol. The highest BCUT2D eigenvalue weighted by molar-refractivity contribution is 8.00. The van der Waals surface area contributed by atoms with Crippen molar-refractivity contribution in [2.45, 2.75) is 23.5 Å². The fourth-order valence-electron chi connectivity index (χ4n) is 2.40. The van der Waals surface area contributed by atoms with Crippen molar-refractivity contribution in [2.75, 3.05) is 11.2 Å². The first-order valence-corrected chi connectivity index (χ1v) is 9.62. The molecule has 6 nitrogen and oxygen atoms in total. The van der Waals surface area contributed by atoms with Crippen LogP contribution in [0, 0.1) is 5.82 Å². The van der Waals surface area contributed by atoms with E-state index in [1.165, 1.54) is 31.2 Å². The fraction of sp³-hybridized carbons (Fsp3) is 0.167. The third-order valence-corrected chi connectivity index (χ3v) is 5.36. The number of carbonyl (C=O) groups is 1. The minimum Gasteiger partial charge on any atom is -0.335 e. The van der Waals surface area contributed by atoms with Crippen LogP contribution in [0.5, 0.6) is 0 Å². The quantitative estimate of drug-likeness (QED) is 0.331. The number of aromatic nitrogens is 3. The molecule has 1 aromatic heterocycles. The summed E-state index contributed by atoms with van der Waals surface area (Å²) in [5, 5.41) is 9.58. The van der Waals surface area contributed by atoms with Crippen LogP contribution in [0.1, 0.15) is 12.5 Å². The minimum absolute atomic E-state index is 0.0332. The molecule has 3 aromatic rings. The molecule has 0 unspecified atom stereocenters. The molecule has 30 heavy (non-hydrogen) atoms. The molecule has 0 spiro atoms. The van der Waals surface area contributed by atoms with Gasteiger partial charge in [-0.3, -0.25) is 4.79 Å². The van der Waals surface area contributed by atoms with Crippen LogP contribution >= 0.6 is 23.4 Å². The van der Waals surface area contributed by atoms with Crippen molar-refractivity contribution in [2.24, 2.45) is 0 Å². The van der Waals surface area contributed by atoms with Crippen molar-refractivity contribution < 1.29 is 22.4 Å². The fourth-order valence-corrected chi connectivity index (χ4v) is 3.33. The number of amides is 1. The number of nitrogens with two attached hydrogens (primary N) is 1. The minimum atomic E-state index is -4.57. The maximum absolute atomic E-state index is 13.1. The van der Waals surface area contributed by atoms with E-state index in [4.69, 9.17) is 17.4 Å². The smallest absolute Gasteiger partial charge is 0.335 e. The molecule has 0 aliphatic carbocycles. The van der Waals surface area contributed by atoms with E-state index in [1.807, 2.05) is 0 Å². The molecule has 1 amide bonds. The van der Waals surface area contributed by atoms with Crippen LogP contribution < -0.4 is 11.2 Å². The Morgan fingerprint density at radius 3 is 2.50 bits per heavy atom. The first-order chi connectivity index (χ1) is 14.1. The summed E-state index contributed by atoms with van der Waals surface area (Å²) in [5.74, 6) is 5.20. The van der Waals surface area contributed by atoms with Crippen molar-refractivity contribution in [1.29, 1.82) is 0 Å². The van der Waals surface area contributed by atoms with Crippen LogP contribution in [0.25, 0.3) is 11.4 Å². The summed E-state index contributed by atoms with van der Waals surface area (Å²) in [5.41, 5.74) is -0.579. The largest absolute Gasteiger partial charge is 0.416 e. The predicted octanol–water partition coefficient (Wildman–Crippen LogP) is 4.59. The molecule has 1 heterocycles. The highest BCUT2D eigenvalue weighted by Crippen LogP contribution is 2.34. The van der Waals surface area contributed by atoms with Crippen LogP contribution in [0.15, 0.2) is 47.6 Å². The normalized spacial score (nSPS) is 12.6. The van der Waals surface area contributed by atoms with Gasteiger partial charge in [0.1, 0.15) is 5.82 Å². The summed E-state index contributed by atoms with van der Waals surface area (Å²) in [7, 11) is 0. The molecule has 0 saturated carbocycles. The summed E-state index contributed by atoms with van der Waals surface area (Å²) >= 11 is 6.85. The van der Waals surface area contributed by atoms with Crippen LogP contribution in [0.3, 0.4) is 0 Å². The van der Waals surface area contributed by atoms with E-state index in [1.54, 1.807) is 0 Å². The molecule has 3 rings (SSSR count). The first-order valence-electron chi connectivity index (χ1n) is 8.37. The molecule has 0 bridgehead atoms. The van der Waals surface area contributed by atoms with Gasteiger partial charge in [0.2, 0.25) is 11.1 Å². The Hall–Kier alpha value is -2.79. The van der Waals surface area contributed by atoms with E-state index >= 15 is 0 Å². The summed E-state index contributed by atoms with van der Waals surface area (Å²) in [6.45, 7) is 1.52. The number of nitrogen functional groups attached to an aromatic ring is 1. The van der Waals surface area contributed by atoms with Crippen LogP contribution in [0.2, 0.25) is 5.02 Å². The maximum Gasteiger partial charge on any atom is 0.416 e. The molecular formula is C18H14ClF4N5OS. The highest BCUT2D eigenvalue weighted by atomic mass is 35.5. The maximum atomic E-state index is 13.1. The Morgan fingerprint density at radius 1 is 1.20 bits per heavy atom. The van der Waals surface area contributed by atoms with Crippen molar-refractivity contribution in [3.63, 3.8) is 0 Å². The van der Waals surface area contributed by atoms with E-state index in [0.717, 1.165) is 34.6 Å². The van der Waals surface area contributed by atoms with Gasteiger partial charge in [-0.25, -0.2) is 9.07 Å². The molecule has 12 heteroatoms. The molecule has 1 atom stereocenters. The third-order valence-electron chi connectivity index (χ3n) is 3.97. The second-order valence-electron chi connectivity index (χ2n) is 6.12. The third kappa shape index (κ3) is 4.85. The van der Waals surface area contributed by atoms with Gasteiger partial charge in [0.25, 0.3) is 0 Å². The van der Waals surface area contributed by atoms with Gasteiger partial charge in [-0.1, -0.05) is 23.4 Å². The Balaban J connectivity index is 1.73. The number of benzene rings is 2. The second-order valence-corrected chi connectivity index (χ2v) is 7.84. The lowest BCUT2D eigenvalue weighted by Gasteiger charge is -2.14. The molecule has 0 aliphatic rings. The predicted molar refractivity (Wildman–Crippen MR) is 106 cm³/mol.